The van der Waals surface area contributed by atoms with Crippen LogP contribution >= 0.6 is 23.2 Å². The minimum atomic E-state index is -4.13. The molecular formula is C26H21Cl2N3O4S. The van der Waals surface area contributed by atoms with Gasteiger partial charge in [0.05, 0.1) is 17.0 Å². The molecule has 7 nitrogen and oxygen atoms in total. The Morgan fingerprint density at radius 2 is 1.56 bits per heavy atom. The lowest BCUT2D eigenvalue weighted by atomic mass is 10.1. The lowest BCUT2D eigenvalue weighted by molar-refractivity contribution is -0.122. The first-order valence-corrected chi connectivity index (χ1v) is 13.4. The molecule has 2 amide bonds. The van der Waals surface area contributed by atoms with Crippen LogP contribution in [0.5, 0.6) is 0 Å². The van der Waals surface area contributed by atoms with Crippen LogP contribution in [0, 0.1) is 0 Å². The van der Waals surface area contributed by atoms with E-state index in [1.54, 1.807) is 24.3 Å². The third-order valence-electron chi connectivity index (χ3n) is 6.25. The van der Waals surface area contributed by atoms with Gasteiger partial charge in [0.1, 0.15) is 6.04 Å². The molecule has 4 aromatic rings. The highest BCUT2D eigenvalue weighted by molar-refractivity contribution is 7.89. The van der Waals surface area contributed by atoms with Crippen LogP contribution in [0.1, 0.15) is 12.0 Å². The van der Waals surface area contributed by atoms with Crippen molar-refractivity contribution in [3.8, 4) is 0 Å². The molecule has 1 N–H and O–H groups in total. The molecule has 10 heteroatoms. The van der Waals surface area contributed by atoms with Gasteiger partial charge in [-0.05, 0) is 66.6 Å². The molecule has 0 saturated carbocycles. The smallest absolute Gasteiger partial charge is 0.252 e. The number of amides is 2. The van der Waals surface area contributed by atoms with Gasteiger partial charge in [-0.1, -0.05) is 41.4 Å². The first-order valence-electron chi connectivity index (χ1n) is 11.2. The van der Waals surface area contributed by atoms with Crippen LogP contribution in [-0.4, -0.2) is 42.1 Å². The molecule has 1 aromatic heterocycles. The number of carbonyl (C=O) groups excluding carboxylic acids is 2. The molecule has 1 aliphatic rings. The zero-order valence-corrected chi connectivity index (χ0v) is 21.2. The number of sulfonamides is 1. The maximum atomic E-state index is 13.8. The van der Waals surface area contributed by atoms with Gasteiger partial charge in [-0.25, -0.2) is 13.3 Å². The average Bonchev–Trinajstić information content (AvgIpc) is 3.40. The largest absolute Gasteiger partial charge is 0.361 e. The van der Waals surface area contributed by atoms with Gasteiger partial charge < -0.3 is 4.98 Å². The maximum absolute atomic E-state index is 13.8. The van der Waals surface area contributed by atoms with E-state index in [4.69, 9.17) is 23.2 Å². The number of aromatic nitrogens is 1. The Bertz CT molecular complexity index is 1550. The molecule has 36 heavy (non-hydrogen) atoms. The number of halogens is 2. The van der Waals surface area contributed by atoms with Gasteiger partial charge in [-0.15, -0.1) is 0 Å². The monoisotopic (exact) mass is 541 g/mol. The highest BCUT2D eigenvalue weighted by Crippen LogP contribution is 2.31. The molecule has 1 atom stereocenters. The quantitative estimate of drug-likeness (QED) is 0.332. The van der Waals surface area contributed by atoms with Crippen molar-refractivity contribution in [1.82, 2.24) is 9.29 Å². The molecule has 0 aliphatic carbocycles. The van der Waals surface area contributed by atoms with Gasteiger partial charge in [0, 0.05) is 33.7 Å². The van der Waals surface area contributed by atoms with Gasteiger partial charge in [0.25, 0.3) is 5.91 Å². The second-order valence-electron chi connectivity index (χ2n) is 8.44. The van der Waals surface area contributed by atoms with Crippen LogP contribution in [0.4, 0.5) is 5.69 Å². The van der Waals surface area contributed by atoms with E-state index in [2.05, 4.69) is 4.98 Å². The van der Waals surface area contributed by atoms with Crippen molar-refractivity contribution >= 4 is 61.6 Å². The Hall–Kier alpha value is -3.17. The van der Waals surface area contributed by atoms with E-state index in [0.29, 0.717) is 22.2 Å². The van der Waals surface area contributed by atoms with Crippen LogP contribution in [0.3, 0.4) is 0 Å². The fraction of sp³-hybridized carbons (Fsp3) is 0.154. The van der Waals surface area contributed by atoms with E-state index in [0.717, 1.165) is 25.7 Å². The summed E-state index contributed by atoms with van der Waals surface area (Å²) in [5.74, 6) is -1.07. The molecule has 0 radical (unpaired) electrons. The third kappa shape index (κ3) is 4.53. The van der Waals surface area contributed by atoms with Gasteiger partial charge in [0.15, 0.2) is 0 Å². The molecule has 5 rings (SSSR count). The van der Waals surface area contributed by atoms with E-state index < -0.39 is 27.9 Å². The van der Waals surface area contributed by atoms with E-state index in [1.807, 2.05) is 30.5 Å². The van der Waals surface area contributed by atoms with Crippen molar-refractivity contribution < 1.29 is 18.0 Å². The number of para-hydroxylation sites is 1. The number of anilines is 1. The Labute approximate surface area is 218 Å². The Balaban J connectivity index is 1.51. The van der Waals surface area contributed by atoms with Crippen molar-refractivity contribution in [2.45, 2.75) is 23.8 Å². The van der Waals surface area contributed by atoms with Crippen LogP contribution < -0.4 is 4.90 Å². The predicted molar refractivity (Wildman–Crippen MR) is 140 cm³/mol. The molecule has 184 valence electrons. The fourth-order valence-electron chi connectivity index (χ4n) is 4.46. The molecule has 0 bridgehead atoms. The zero-order valence-electron chi connectivity index (χ0n) is 18.9. The molecule has 2 heterocycles. The summed E-state index contributed by atoms with van der Waals surface area (Å²) in [6.07, 6.45) is 1.91. The van der Waals surface area contributed by atoms with Crippen molar-refractivity contribution in [3.05, 3.63) is 94.6 Å². The van der Waals surface area contributed by atoms with Gasteiger partial charge in [-0.2, -0.15) is 4.31 Å². The number of imide groups is 1. The number of H-pyrrole nitrogens is 1. The molecule has 1 aliphatic heterocycles. The Morgan fingerprint density at radius 3 is 2.25 bits per heavy atom. The summed E-state index contributed by atoms with van der Waals surface area (Å²) in [6, 6.07) is 18.5. The second kappa shape index (κ2) is 9.71. The summed E-state index contributed by atoms with van der Waals surface area (Å²) in [5.41, 5.74) is 2.19. The highest BCUT2D eigenvalue weighted by atomic mass is 35.5. The second-order valence-corrected chi connectivity index (χ2v) is 11.2. The number of carbonyl (C=O) groups is 2. The molecule has 1 fully saturated rings. The average molecular weight is 542 g/mol. The summed E-state index contributed by atoms with van der Waals surface area (Å²) in [6.45, 7) is 0.00491. The summed E-state index contributed by atoms with van der Waals surface area (Å²) in [7, 11) is -4.13. The maximum Gasteiger partial charge on any atom is 0.252 e. The SMILES string of the molecule is O=C1CC(N(CCc2c[nH]c3ccccc23)S(=O)(=O)c2ccc(Cl)cc2)C(=O)N1c1ccc(Cl)cc1. The summed E-state index contributed by atoms with van der Waals surface area (Å²) in [4.78, 5) is 30.6. The van der Waals surface area contributed by atoms with E-state index in [-0.39, 0.29) is 17.9 Å². The lowest BCUT2D eigenvalue weighted by Crippen LogP contribution is -2.46. The number of nitrogens with one attached hydrogen (secondary N) is 1. The molecule has 1 saturated heterocycles. The topological polar surface area (TPSA) is 90.5 Å². The number of rotatable bonds is 7. The zero-order chi connectivity index (χ0) is 25.4. The van der Waals surface area contributed by atoms with E-state index >= 15 is 0 Å². The number of benzene rings is 3. The summed E-state index contributed by atoms with van der Waals surface area (Å²) < 4.78 is 28.7. The minimum Gasteiger partial charge on any atom is -0.361 e. The number of fused-ring (bicyclic) bond motifs is 1. The van der Waals surface area contributed by atoms with Crippen molar-refractivity contribution in [1.29, 1.82) is 0 Å². The van der Waals surface area contributed by atoms with Crippen molar-refractivity contribution in [2.24, 2.45) is 0 Å². The number of hydrogen-bond acceptors (Lipinski definition) is 4. The van der Waals surface area contributed by atoms with Crippen LogP contribution in [0.2, 0.25) is 10.0 Å². The standard InChI is InChI=1S/C26H21Cl2N3O4S/c27-18-5-9-20(10-6-18)31-25(32)15-24(26(31)33)30(36(34,35)21-11-7-19(28)8-12-21)14-13-17-16-29-23-4-2-1-3-22(17)23/h1-12,16,24,29H,13-15H2. The normalized spacial score (nSPS) is 16.4. The van der Waals surface area contributed by atoms with Crippen molar-refractivity contribution in [3.63, 3.8) is 0 Å². The van der Waals surface area contributed by atoms with Gasteiger partial charge >= 0.3 is 0 Å². The summed E-state index contributed by atoms with van der Waals surface area (Å²) in [5, 5.41) is 1.82. The molecular weight excluding hydrogens is 521 g/mol. The predicted octanol–water partition coefficient (Wildman–Crippen LogP) is 5.04. The lowest BCUT2D eigenvalue weighted by Gasteiger charge is -2.27. The molecule has 0 spiro atoms. The molecule has 1 unspecified atom stereocenters. The summed E-state index contributed by atoms with van der Waals surface area (Å²) >= 11 is 11.9. The Morgan fingerprint density at radius 1 is 0.917 bits per heavy atom. The van der Waals surface area contributed by atoms with Crippen LogP contribution in [0.25, 0.3) is 10.9 Å². The highest BCUT2D eigenvalue weighted by Gasteiger charge is 2.46. The van der Waals surface area contributed by atoms with Crippen molar-refractivity contribution in [2.75, 3.05) is 11.4 Å². The number of nitrogens with zero attached hydrogens (tertiary/aromatic N) is 2. The van der Waals surface area contributed by atoms with Crippen LogP contribution in [0.15, 0.2) is 83.9 Å². The first-order chi connectivity index (χ1) is 17.3. The van der Waals surface area contributed by atoms with E-state index in [1.165, 1.54) is 24.3 Å². The third-order valence-corrected chi connectivity index (χ3v) is 8.68. The number of hydrogen-bond donors (Lipinski definition) is 1. The Kier molecular flexibility index (Phi) is 6.61. The minimum absolute atomic E-state index is 0.00369. The van der Waals surface area contributed by atoms with E-state index in [9.17, 15) is 18.0 Å². The first kappa shape index (κ1) is 24.5. The van der Waals surface area contributed by atoms with Gasteiger partial charge in [0.2, 0.25) is 15.9 Å². The number of aromatic amines is 1. The van der Waals surface area contributed by atoms with Crippen LogP contribution in [-0.2, 0) is 26.0 Å². The molecule has 3 aromatic carbocycles. The fourth-order valence-corrected chi connectivity index (χ4v) is 6.29. The van der Waals surface area contributed by atoms with Gasteiger partial charge in [-0.3, -0.25) is 9.59 Å².